The Hall–Kier alpha value is -2.29. The average molecular weight is 404 g/mol. The van der Waals surface area contributed by atoms with E-state index < -0.39 is 10.0 Å². The van der Waals surface area contributed by atoms with Crippen molar-refractivity contribution >= 4 is 37.5 Å². The van der Waals surface area contributed by atoms with Crippen LogP contribution in [0.5, 0.6) is 0 Å². The number of carbonyl (C=O) groups excluding carboxylic acids is 1. The lowest BCUT2D eigenvalue weighted by atomic mass is 10.1. The summed E-state index contributed by atoms with van der Waals surface area (Å²) < 4.78 is 27.9. The molecule has 3 rings (SSSR count). The van der Waals surface area contributed by atoms with Crippen molar-refractivity contribution in [2.75, 3.05) is 13.1 Å². The molecule has 0 saturated carbocycles. The van der Waals surface area contributed by atoms with Gasteiger partial charge in [-0.25, -0.2) is 18.1 Å². The molecule has 0 atom stereocenters. The van der Waals surface area contributed by atoms with Crippen molar-refractivity contribution in [3.8, 4) is 0 Å². The second-order valence-corrected chi connectivity index (χ2v) is 9.13. The second kappa shape index (κ2) is 8.60. The van der Waals surface area contributed by atoms with Crippen LogP contribution in [0, 0.1) is 6.92 Å². The van der Waals surface area contributed by atoms with Gasteiger partial charge in [0.25, 0.3) is 0 Å². The monoisotopic (exact) mass is 403 g/mol. The number of rotatable bonds is 8. The fraction of sp³-hybridized carbons (Fsp3) is 0.263. The van der Waals surface area contributed by atoms with Gasteiger partial charge in [-0.3, -0.25) is 4.79 Å². The zero-order valence-electron chi connectivity index (χ0n) is 14.9. The summed E-state index contributed by atoms with van der Waals surface area (Å²) in [4.78, 5) is 16.4. The molecule has 1 aromatic heterocycles. The smallest absolute Gasteiger partial charge is 0.241 e. The zero-order valence-corrected chi connectivity index (χ0v) is 16.6. The Morgan fingerprint density at radius 1 is 1.15 bits per heavy atom. The van der Waals surface area contributed by atoms with E-state index >= 15 is 0 Å². The third-order valence-corrected chi connectivity index (χ3v) is 6.34. The number of amides is 1. The molecule has 1 amide bonds. The number of hydrogen-bond donors (Lipinski definition) is 2. The zero-order chi connectivity index (χ0) is 19.3. The van der Waals surface area contributed by atoms with Gasteiger partial charge < -0.3 is 5.32 Å². The van der Waals surface area contributed by atoms with Gasteiger partial charge >= 0.3 is 0 Å². The molecule has 0 fully saturated rings. The lowest BCUT2D eigenvalue weighted by Gasteiger charge is -2.08. The number of nitrogens with zero attached hydrogens (tertiary/aromatic N) is 1. The van der Waals surface area contributed by atoms with Gasteiger partial charge in [-0.05, 0) is 43.5 Å². The van der Waals surface area contributed by atoms with Gasteiger partial charge in [-0.2, -0.15) is 0 Å². The van der Waals surface area contributed by atoms with Crippen LogP contribution in [-0.2, 0) is 21.2 Å². The van der Waals surface area contributed by atoms with E-state index in [-0.39, 0.29) is 17.3 Å². The first-order valence-corrected chi connectivity index (χ1v) is 10.9. The summed E-state index contributed by atoms with van der Waals surface area (Å²) >= 11 is 1.44. The van der Waals surface area contributed by atoms with Crippen molar-refractivity contribution in [1.29, 1.82) is 0 Å². The summed E-state index contributed by atoms with van der Waals surface area (Å²) in [5, 5.41) is 3.61. The van der Waals surface area contributed by atoms with Gasteiger partial charge in [0.05, 0.1) is 26.7 Å². The molecule has 0 aliphatic carbocycles. The maximum Gasteiger partial charge on any atom is 0.241 e. The molecule has 0 radical (unpaired) electrons. The normalized spacial score (nSPS) is 11.6. The van der Waals surface area contributed by atoms with Crippen molar-refractivity contribution in [3.63, 3.8) is 0 Å². The van der Waals surface area contributed by atoms with E-state index in [1.165, 1.54) is 23.0 Å². The quantitative estimate of drug-likeness (QED) is 0.566. The van der Waals surface area contributed by atoms with E-state index in [2.05, 4.69) is 15.0 Å². The molecular weight excluding hydrogens is 382 g/mol. The Kier molecular flexibility index (Phi) is 6.20. The maximum absolute atomic E-state index is 12.4. The third kappa shape index (κ3) is 5.35. The number of aromatic nitrogens is 1. The van der Waals surface area contributed by atoms with Crippen molar-refractivity contribution in [2.24, 2.45) is 0 Å². The van der Waals surface area contributed by atoms with Crippen LogP contribution in [0.4, 0.5) is 0 Å². The first-order valence-electron chi connectivity index (χ1n) is 8.61. The van der Waals surface area contributed by atoms with Crippen LogP contribution in [0.1, 0.15) is 17.0 Å². The molecule has 6 nitrogen and oxygen atoms in total. The Balaban J connectivity index is 1.48. The lowest BCUT2D eigenvalue weighted by Crippen LogP contribution is -2.37. The molecule has 0 aliphatic rings. The Bertz CT molecular complexity index is 1030. The van der Waals surface area contributed by atoms with Crippen molar-refractivity contribution < 1.29 is 13.2 Å². The number of nitrogens with one attached hydrogen (secondary N) is 2. The van der Waals surface area contributed by atoms with Crippen LogP contribution in [0.3, 0.4) is 0 Å². The summed E-state index contributed by atoms with van der Waals surface area (Å²) in [5.41, 5.74) is 1.98. The van der Waals surface area contributed by atoms with Crippen LogP contribution in [0.2, 0.25) is 0 Å². The van der Waals surface area contributed by atoms with Crippen molar-refractivity contribution in [3.05, 3.63) is 59.1 Å². The van der Waals surface area contributed by atoms with Crippen LogP contribution >= 0.6 is 11.3 Å². The molecule has 0 saturated heterocycles. The van der Waals surface area contributed by atoms with Crippen LogP contribution in [0.15, 0.2) is 53.4 Å². The topological polar surface area (TPSA) is 88.2 Å². The van der Waals surface area contributed by atoms with Gasteiger partial charge in [0, 0.05) is 6.54 Å². The molecule has 0 aliphatic heterocycles. The van der Waals surface area contributed by atoms with E-state index in [9.17, 15) is 13.2 Å². The van der Waals surface area contributed by atoms with Crippen molar-refractivity contribution in [2.45, 2.75) is 24.7 Å². The van der Waals surface area contributed by atoms with Gasteiger partial charge in [-0.15, -0.1) is 11.3 Å². The van der Waals surface area contributed by atoms with E-state index in [4.69, 9.17) is 0 Å². The number of sulfonamides is 1. The van der Waals surface area contributed by atoms with Gasteiger partial charge in [0.15, 0.2) is 0 Å². The fourth-order valence-electron chi connectivity index (χ4n) is 2.66. The summed E-state index contributed by atoms with van der Waals surface area (Å²) in [5.74, 6) is -0.346. The molecule has 8 heteroatoms. The standard InChI is InChI=1S/C19H21N3O3S2/c1-14-22-17-10-9-16(12-18(17)26-14)27(24,25)21-13-19(23)20-11-5-8-15-6-3-2-4-7-15/h2-4,6-7,9-10,12,21H,5,8,11,13H2,1H3,(H,20,23). The predicted octanol–water partition coefficient (Wildman–Crippen LogP) is 2.63. The SMILES string of the molecule is Cc1nc2ccc(S(=O)(=O)NCC(=O)NCCCc3ccccc3)cc2s1. The molecule has 0 spiro atoms. The van der Waals surface area contributed by atoms with Gasteiger partial charge in [0.1, 0.15) is 0 Å². The number of fused-ring (bicyclic) bond motifs is 1. The van der Waals surface area contributed by atoms with Crippen LogP contribution in [-0.4, -0.2) is 32.4 Å². The predicted molar refractivity (Wildman–Crippen MR) is 107 cm³/mol. The first kappa shape index (κ1) is 19.5. The van der Waals surface area contributed by atoms with E-state index in [0.717, 1.165) is 28.1 Å². The Morgan fingerprint density at radius 3 is 2.70 bits per heavy atom. The molecule has 2 N–H and O–H groups in total. The van der Waals surface area contributed by atoms with Gasteiger partial charge in [-0.1, -0.05) is 30.3 Å². The minimum atomic E-state index is -3.74. The molecular formula is C19H21N3O3S2. The maximum atomic E-state index is 12.4. The molecule has 0 unspecified atom stereocenters. The highest BCUT2D eigenvalue weighted by atomic mass is 32.2. The highest BCUT2D eigenvalue weighted by molar-refractivity contribution is 7.89. The molecule has 1 heterocycles. The van der Waals surface area contributed by atoms with E-state index in [0.29, 0.717) is 6.54 Å². The minimum absolute atomic E-state index is 0.135. The van der Waals surface area contributed by atoms with Crippen LogP contribution in [0.25, 0.3) is 10.2 Å². The van der Waals surface area contributed by atoms with Crippen molar-refractivity contribution in [1.82, 2.24) is 15.0 Å². The number of benzene rings is 2. The Morgan fingerprint density at radius 2 is 1.93 bits per heavy atom. The highest BCUT2D eigenvalue weighted by Crippen LogP contribution is 2.24. The number of hydrogen-bond acceptors (Lipinski definition) is 5. The largest absolute Gasteiger partial charge is 0.355 e. The molecule has 0 bridgehead atoms. The molecule has 2 aromatic carbocycles. The third-order valence-electron chi connectivity index (χ3n) is 4.01. The second-order valence-electron chi connectivity index (χ2n) is 6.13. The number of thiazole rings is 1. The first-order chi connectivity index (χ1) is 12.9. The minimum Gasteiger partial charge on any atom is -0.355 e. The molecule has 3 aromatic rings. The summed E-state index contributed by atoms with van der Waals surface area (Å²) in [6.07, 6.45) is 1.66. The summed E-state index contributed by atoms with van der Waals surface area (Å²) in [6.45, 7) is 2.09. The average Bonchev–Trinajstić information content (AvgIpc) is 3.03. The van der Waals surface area contributed by atoms with Gasteiger partial charge in [0.2, 0.25) is 15.9 Å². The Labute approximate surface area is 162 Å². The lowest BCUT2D eigenvalue weighted by molar-refractivity contribution is -0.119. The van der Waals surface area contributed by atoms with E-state index in [1.807, 2.05) is 37.3 Å². The number of carbonyl (C=O) groups is 1. The van der Waals surface area contributed by atoms with E-state index in [1.54, 1.807) is 12.1 Å². The highest BCUT2D eigenvalue weighted by Gasteiger charge is 2.16. The number of aryl methyl sites for hydroxylation is 2. The summed E-state index contributed by atoms with van der Waals surface area (Å²) in [7, 11) is -3.74. The molecule has 142 valence electrons. The fourth-order valence-corrected chi connectivity index (χ4v) is 4.61. The molecule has 27 heavy (non-hydrogen) atoms. The summed E-state index contributed by atoms with van der Waals surface area (Å²) in [6, 6.07) is 14.8. The van der Waals surface area contributed by atoms with Crippen LogP contribution < -0.4 is 10.0 Å².